The molecule has 21 heavy (non-hydrogen) atoms. The average Bonchev–Trinajstić information content (AvgIpc) is 2.41. The van der Waals surface area contributed by atoms with Gasteiger partial charge in [0.15, 0.2) is 0 Å². The summed E-state index contributed by atoms with van der Waals surface area (Å²) in [6.45, 7) is 0.130. The maximum atomic E-state index is 13.0. The first-order valence-electron chi connectivity index (χ1n) is 6.21. The van der Waals surface area contributed by atoms with Gasteiger partial charge in [-0.25, -0.2) is 4.39 Å². The molecule has 2 N–H and O–H groups in total. The van der Waals surface area contributed by atoms with Crippen molar-refractivity contribution in [1.82, 2.24) is 5.32 Å². The van der Waals surface area contributed by atoms with Crippen molar-refractivity contribution in [2.45, 2.75) is 19.3 Å². The van der Waals surface area contributed by atoms with Gasteiger partial charge in [-0.2, -0.15) is 13.2 Å². The normalized spacial score (nSPS) is 11.6. The Morgan fingerprint density at radius 1 is 0.952 bits per heavy atom. The summed E-state index contributed by atoms with van der Waals surface area (Å²) in [6.07, 6.45) is -4.60. The summed E-state index contributed by atoms with van der Waals surface area (Å²) in [6, 6.07) is 9.11. The van der Waals surface area contributed by atoms with Crippen LogP contribution >= 0.6 is 0 Å². The summed E-state index contributed by atoms with van der Waals surface area (Å²) < 4.78 is 51.4. The third kappa shape index (κ3) is 3.95. The Morgan fingerprint density at radius 3 is 2.29 bits per heavy atom. The molecule has 0 aliphatic carbocycles. The van der Waals surface area contributed by atoms with Crippen LogP contribution in [0.2, 0.25) is 0 Å². The molecule has 0 aliphatic heterocycles. The molecule has 0 radical (unpaired) electrons. The molecule has 0 atom stereocenters. The highest BCUT2D eigenvalue weighted by atomic mass is 19.4. The van der Waals surface area contributed by atoms with Crippen LogP contribution < -0.4 is 5.32 Å². The quantitative estimate of drug-likeness (QED) is 0.841. The largest absolute Gasteiger partial charge is 0.508 e. The minimum absolute atomic E-state index is 0.0423. The van der Waals surface area contributed by atoms with Crippen molar-refractivity contribution in [1.29, 1.82) is 0 Å². The lowest BCUT2D eigenvalue weighted by atomic mass is 10.1. The van der Waals surface area contributed by atoms with Crippen LogP contribution in [0.4, 0.5) is 17.6 Å². The van der Waals surface area contributed by atoms with E-state index in [9.17, 15) is 22.7 Å². The first kappa shape index (κ1) is 15.3. The van der Waals surface area contributed by atoms with Crippen LogP contribution in [-0.2, 0) is 19.3 Å². The number of aromatic hydroxyl groups is 1. The lowest BCUT2D eigenvalue weighted by Gasteiger charge is -2.14. The van der Waals surface area contributed by atoms with Crippen molar-refractivity contribution < 1.29 is 22.7 Å². The number of benzene rings is 2. The molecule has 0 spiro atoms. The van der Waals surface area contributed by atoms with Gasteiger partial charge in [-0.1, -0.05) is 24.3 Å². The number of rotatable bonds is 4. The molecule has 0 heterocycles. The Labute approximate surface area is 119 Å². The van der Waals surface area contributed by atoms with Crippen LogP contribution in [0.3, 0.4) is 0 Å². The Bertz CT molecular complexity index is 625. The first-order valence-corrected chi connectivity index (χ1v) is 6.21. The highest BCUT2D eigenvalue weighted by Crippen LogP contribution is 2.32. The smallest absolute Gasteiger partial charge is 0.416 e. The maximum Gasteiger partial charge on any atom is 0.416 e. The topological polar surface area (TPSA) is 32.3 Å². The van der Waals surface area contributed by atoms with Crippen LogP contribution in [0.1, 0.15) is 16.7 Å². The Kier molecular flexibility index (Phi) is 4.47. The van der Waals surface area contributed by atoms with Gasteiger partial charge in [0, 0.05) is 18.7 Å². The van der Waals surface area contributed by atoms with Gasteiger partial charge in [-0.15, -0.1) is 0 Å². The summed E-state index contributed by atoms with van der Waals surface area (Å²) in [4.78, 5) is 0. The van der Waals surface area contributed by atoms with Gasteiger partial charge in [-0.05, 0) is 23.8 Å². The SMILES string of the molecule is Oc1ccccc1CNCc1ccc(F)cc1C(F)(F)F. The molecular formula is C15H13F4NO. The molecular weight excluding hydrogens is 286 g/mol. The molecule has 0 unspecified atom stereocenters. The second-order valence-corrected chi connectivity index (χ2v) is 4.53. The molecule has 0 aromatic heterocycles. The van der Waals surface area contributed by atoms with Gasteiger partial charge in [0.2, 0.25) is 0 Å². The summed E-state index contributed by atoms with van der Waals surface area (Å²) in [5.74, 6) is -0.855. The van der Waals surface area contributed by atoms with Crippen LogP contribution in [0.5, 0.6) is 5.75 Å². The van der Waals surface area contributed by atoms with Crippen LogP contribution in [0.15, 0.2) is 42.5 Å². The molecule has 0 amide bonds. The zero-order valence-electron chi connectivity index (χ0n) is 10.9. The highest BCUT2D eigenvalue weighted by Gasteiger charge is 2.33. The first-order chi connectivity index (χ1) is 9.88. The number of nitrogens with one attached hydrogen (secondary N) is 1. The third-order valence-electron chi connectivity index (χ3n) is 3.00. The van der Waals surface area contributed by atoms with E-state index in [0.717, 1.165) is 12.1 Å². The van der Waals surface area contributed by atoms with E-state index in [-0.39, 0.29) is 24.4 Å². The number of halogens is 4. The molecule has 2 aromatic carbocycles. The van der Waals surface area contributed by atoms with Crippen LogP contribution in [0, 0.1) is 5.82 Å². The number of alkyl halides is 3. The van der Waals surface area contributed by atoms with Crippen molar-refractivity contribution in [3.05, 3.63) is 65.0 Å². The van der Waals surface area contributed by atoms with E-state index in [1.165, 1.54) is 6.07 Å². The molecule has 0 saturated heterocycles. The van der Waals surface area contributed by atoms with Crippen molar-refractivity contribution >= 4 is 0 Å². The standard InChI is InChI=1S/C15H13F4NO/c16-12-6-5-10(13(7-12)15(17,18)19)8-20-9-11-3-1-2-4-14(11)21/h1-7,20-21H,8-9H2. The molecule has 0 aliphatic rings. The number of phenols is 1. The second kappa shape index (κ2) is 6.13. The molecule has 0 bridgehead atoms. The summed E-state index contributed by atoms with van der Waals surface area (Å²) in [7, 11) is 0. The second-order valence-electron chi connectivity index (χ2n) is 4.53. The maximum absolute atomic E-state index is 13.0. The van der Waals surface area contributed by atoms with E-state index in [0.29, 0.717) is 11.6 Å². The zero-order valence-corrected chi connectivity index (χ0v) is 10.9. The number of hydrogen-bond donors (Lipinski definition) is 2. The fraction of sp³-hybridized carbons (Fsp3) is 0.200. The fourth-order valence-electron chi connectivity index (χ4n) is 1.96. The molecule has 2 aromatic rings. The fourth-order valence-corrected chi connectivity index (χ4v) is 1.96. The summed E-state index contributed by atoms with van der Waals surface area (Å²) in [5, 5.41) is 12.4. The molecule has 2 nitrogen and oxygen atoms in total. The zero-order chi connectivity index (χ0) is 15.5. The summed E-state index contributed by atoms with van der Waals surface area (Å²) >= 11 is 0. The van der Waals surface area contributed by atoms with Crippen molar-refractivity contribution in [3.8, 4) is 5.75 Å². The van der Waals surface area contributed by atoms with E-state index in [1.54, 1.807) is 18.2 Å². The van der Waals surface area contributed by atoms with E-state index in [1.807, 2.05) is 0 Å². The van der Waals surface area contributed by atoms with E-state index < -0.39 is 17.6 Å². The third-order valence-corrected chi connectivity index (χ3v) is 3.00. The molecule has 0 saturated carbocycles. The number of phenolic OH excluding ortho intramolecular Hbond substituents is 1. The van der Waals surface area contributed by atoms with E-state index in [4.69, 9.17) is 0 Å². The van der Waals surface area contributed by atoms with Crippen LogP contribution in [0.25, 0.3) is 0 Å². The van der Waals surface area contributed by atoms with Crippen molar-refractivity contribution in [2.75, 3.05) is 0 Å². The van der Waals surface area contributed by atoms with Gasteiger partial charge in [0.1, 0.15) is 11.6 Å². The summed E-state index contributed by atoms with van der Waals surface area (Å²) in [5.41, 5.74) is -0.459. The highest BCUT2D eigenvalue weighted by molar-refractivity contribution is 5.32. The lowest BCUT2D eigenvalue weighted by Crippen LogP contribution is -2.17. The lowest BCUT2D eigenvalue weighted by molar-refractivity contribution is -0.138. The Morgan fingerprint density at radius 2 is 1.62 bits per heavy atom. The minimum atomic E-state index is -4.60. The number of para-hydroxylation sites is 1. The van der Waals surface area contributed by atoms with Crippen molar-refractivity contribution in [2.24, 2.45) is 0 Å². The van der Waals surface area contributed by atoms with Gasteiger partial charge in [0.05, 0.1) is 5.56 Å². The Balaban J connectivity index is 2.09. The molecule has 112 valence electrons. The molecule has 6 heteroatoms. The molecule has 2 rings (SSSR count). The van der Waals surface area contributed by atoms with E-state index >= 15 is 0 Å². The van der Waals surface area contributed by atoms with Gasteiger partial charge >= 0.3 is 6.18 Å². The van der Waals surface area contributed by atoms with Gasteiger partial charge in [0.25, 0.3) is 0 Å². The van der Waals surface area contributed by atoms with E-state index in [2.05, 4.69) is 5.32 Å². The Hall–Kier alpha value is -2.08. The predicted octanol–water partition coefficient (Wildman–Crippen LogP) is 3.84. The number of hydrogen-bond acceptors (Lipinski definition) is 2. The van der Waals surface area contributed by atoms with Crippen LogP contribution in [-0.4, -0.2) is 5.11 Å². The van der Waals surface area contributed by atoms with Gasteiger partial charge in [-0.3, -0.25) is 0 Å². The van der Waals surface area contributed by atoms with Gasteiger partial charge < -0.3 is 10.4 Å². The average molecular weight is 299 g/mol. The monoisotopic (exact) mass is 299 g/mol. The minimum Gasteiger partial charge on any atom is -0.508 e. The molecule has 0 fully saturated rings. The predicted molar refractivity (Wildman–Crippen MR) is 70.1 cm³/mol. The van der Waals surface area contributed by atoms with Crippen molar-refractivity contribution in [3.63, 3.8) is 0 Å².